The van der Waals surface area contributed by atoms with Gasteiger partial charge in [0.1, 0.15) is 5.75 Å². The first-order valence-electron chi connectivity index (χ1n) is 12.4. The van der Waals surface area contributed by atoms with E-state index in [9.17, 15) is 4.79 Å². The Morgan fingerprint density at radius 1 is 0.917 bits per heavy atom. The molecule has 36 heavy (non-hydrogen) atoms. The van der Waals surface area contributed by atoms with Crippen LogP contribution in [-0.2, 0) is 0 Å². The minimum absolute atomic E-state index is 0.0213. The van der Waals surface area contributed by atoms with Gasteiger partial charge in [0.25, 0.3) is 5.91 Å². The number of methoxy groups -OCH3 is 1. The zero-order valence-corrected chi connectivity index (χ0v) is 21.1. The van der Waals surface area contributed by atoms with E-state index in [0.717, 1.165) is 54.6 Å². The van der Waals surface area contributed by atoms with E-state index in [-0.39, 0.29) is 18.7 Å². The van der Waals surface area contributed by atoms with Crippen LogP contribution in [0.15, 0.2) is 60.7 Å². The summed E-state index contributed by atoms with van der Waals surface area (Å²) < 4.78 is 16.5. The van der Waals surface area contributed by atoms with Crippen LogP contribution in [0, 0.1) is 13.8 Å². The summed E-state index contributed by atoms with van der Waals surface area (Å²) >= 11 is 0. The lowest BCUT2D eigenvalue weighted by molar-refractivity contribution is 0.0930. The maximum absolute atomic E-state index is 13.0. The van der Waals surface area contributed by atoms with Gasteiger partial charge in [-0.3, -0.25) is 9.69 Å². The number of carbonyl (C=O) groups is 1. The minimum Gasteiger partial charge on any atom is -0.497 e. The summed E-state index contributed by atoms with van der Waals surface area (Å²) in [7, 11) is 1.68. The Kier molecular flexibility index (Phi) is 7.00. The lowest BCUT2D eigenvalue weighted by atomic mass is 10.0. The van der Waals surface area contributed by atoms with Gasteiger partial charge in [0.05, 0.1) is 13.2 Å². The predicted molar refractivity (Wildman–Crippen MR) is 140 cm³/mol. The van der Waals surface area contributed by atoms with Crippen LogP contribution >= 0.6 is 0 Å². The molecule has 2 aliphatic heterocycles. The highest BCUT2D eigenvalue weighted by molar-refractivity contribution is 5.94. The topological polar surface area (TPSA) is 63.3 Å². The number of anilines is 1. The Morgan fingerprint density at radius 3 is 2.39 bits per heavy atom. The summed E-state index contributed by atoms with van der Waals surface area (Å²) in [6.07, 6.45) is 0. The van der Waals surface area contributed by atoms with Crippen LogP contribution in [0.4, 0.5) is 5.69 Å². The number of fused-ring (bicyclic) bond motifs is 1. The van der Waals surface area contributed by atoms with Crippen molar-refractivity contribution >= 4 is 11.6 Å². The fourth-order valence-corrected chi connectivity index (χ4v) is 4.84. The quantitative estimate of drug-likeness (QED) is 0.535. The Balaban J connectivity index is 1.31. The second-order valence-corrected chi connectivity index (χ2v) is 9.36. The van der Waals surface area contributed by atoms with E-state index in [1.54, 1.807) is 7.11 Å². The van der Waals surface area contributed by atoms with Gasteiger partial charge >= 0.3 is 0 Å². The molecule has 0 aliphatic carbocycles. The molecule has 1 fully saturated rings. The fraction of sp³-hybridized carbons (Fsp3) is 0.345. The van der Waals surface area contributed by atoms with Crippen molar-refractivity contribution in [2.75, 3.05) is 51.5 Å². The third-order valence-corrected chi connectivity index (χ3v) is 7.20. The van der Waals surface area contributed by atoms with Gasteiger partial charge in [-0.15, -0.1) is 0 Å². The highest BCUT2D eigenvalue weighted by Crippen LogP contribution is 2.36. The van der Waals surface area contributed by atoms with Crippen molar-refractivity contribution in [3.8, 4) is 17.2 Å². The van der Waals surface area contributed by atoms with Gasteiger partial charge in [-0.2, -0.15) is 0 Å². The summed E-state index contributed by atoms with van der Waals surface area (Å²) in [4.78, 5) is 17.8. The molecule has 2 heterocycles. The van der Waals surface area contributed by atoms with Gasteiger partial charge in [-0.25, -0.2) is 0 Å². The first-order chi connectivity index (χ1) is 17.5. The van der Waals surface area contributed by atoms with Crippen LogP contribution in [0.5, 0.6) is 17.2 Å². The number of rotatable bonds is 7. The number of nitrogens with zero attached hydrogens (tertiary/aromatic N) is 2. The molecule has 1 atom stereocenters. The number of carbonyl (C=O) groups excluding carboxylic acids is 1. The molecule has 1 N–H and O–H groups in total. The lowest BCUT2D eigenvalue weighted by Crippen LogP contribution is -2.50. The molecule has 0 saturated carbocycles. The van der Waals surface area contributed by atoms with Gasteiger partial charge in [0.2, 0.25) is 6.79 Å². The van der Waals surface area contributed by atoms with E-state index in [1.807, 2.05) is 49.4 Å². The molecule has 1 amide bonds. The zero-order chi connectivity index (χ0) is 25.1. The Morgan fingerprint density at radius 2 is 1.67 bits per heavy atom. The number of hydrogen-bond acceptors (Lipinski definition) is 6. The number of ether oxygens (including phenoxy) is 3. The monoisotopic (exact) mass is 487 g/mol. The predicted octanol–water partition coefficient (Wildman–Crippen LogP) is 4.33. The van der Waals surface area contributed by atoms with Crippen molar-refractivity contribution in [3.63, 3.8) is 0 Å². The summed E-state index contributed by atoms with van der Waals surface area (Å²) in [6.45, 7) is 8.40. The molecule has 5 rings (SSSR count). The van der Waals surface area contributed by atoms with Gasteiger partial charge < -0.3 is 24.4 Å². The molecule has 188 valence electrons. The first-order valence-corrected chi connectivity index (χ1v) is 12.4. The number of benzene rings is 3. The van der Waals surface area contributed by atoms with Crippen LogP contribution in [0.25, 0.3) is 0 Å². The van der Waals surface area contributed by atoms with Crippen molar-refractivity contribution in [1.82, 2.24) is 10.2 Å². The molecule has 0 bridgehead atoms. The van der Waals surface area contributed by atoms with Crippen molar-refractivity contribution in [2.24, 2.45) is 0 Å². The van der Waals surface area contributed by atoms with Crippen molar-refractivity contribution in [3.05, 3.63) is 82.9 Å². The third kappa shape index (κ3) is 5.11. The molecule has 2 aliphatic rings. The van der Waals surface area contributed by atoms with Crippen LogP contribution < -0.4 is 24.4 Å². The van der Waals surface area contributed by atoms with Crippen LogP contribution in [0.1, 0.15) is 33.1 Å². The molecule has 3 aromatic rings. The summed E-state index contributed by atoms with van der Waals surface area (Å²) in [6, 6.07) is 20.2. The van der Waals surface area contributed by atoms with E-state index in [1.165, 1.54) is 11.3 Å². The molecule has 0 radical (unpaired) electrons. The van der Waals surface area contributed by atoms with E-state index >= 15 is 0 Å². The van der Waals surface area contributed by atoms with Crippen LogP contribution in [-0.4, -0.2) is 57.4 Å². The Labute approximate surface area is 212 Å². The van der Waals surface area contributed by atoms with Gasteiger partial charge in [-0.1, -0.05) is 12.1 Å². The third-order valence-electron chi connectivity index (χ3n) is 7.20. The second kappa shape index (κ2) is 10.5. The number of piperazine rings is 1. The number of aryl methyl sites for hydroxylation is 2. The van der Waals surface area contributed by atoms with Crippen molar-refractivity contribution in [2.45, 2.75) is 19.9 Å². The minimum atomic E-state index is -0.0549. The lowest BCUT2D eigenvalue weighted by Gasteiger charge is -2.40. The summed E-state index contributed by atoms with van der Waals surface area (Å²) in [5, 5.41) is 3.18. The van der Waals surface area contributed by atoms with Crippen molar-refractivity contribution in [1.29, 1.82) is 0 Å². The summed E-state index contributed by atoms with van der Waals surface area (Å²) in [5.74, 6) is 2.33. The largest absolute Gasteiger partial charge is 0.497 e. The normalized spacial score (nSPS) is 16.0. The average molecular weight is 488 g/mol. The molecule has 1 saturated heterocycles. The summed E-state index contributed by atoms with van der Waals surface area (Å²) in [5.41, 5.74) is 5.28. The smallest absolute Gasteiger partial charge is 0.251 e. The highest BCUT2D eigenvalue weighted by Gasteiger charge is 2.27. The maximum Gasteiger partial charge on any atom is 0.251 e. The Hall–Kier alpha value is -3.71. The molecule has 3 aromatic carbocycles. The van der Waals surface area contributed by atoms with Crippen LogP contribution in [0.2, 0.25) is 0 Å². The number of nitrogens with one attached hydrogen (secondary N) is 1. The molecule has 0 aromatic heterocycles. The van der Waals surface area contributed by atoms with Crippen molar-refractivity contribution < 1.29 is 19.0 Å². The highest BCUT2D eigenvalue weighted by atomic mass is 16.7. The SMILES string of the molecule is COc1ccc(N2CCN([C@H](CNC(=O)c3ccc(C)c(C)c3)c3ccc4c(c3)OCO4)CC2)cc1. The van der Waals surface area contributed by atoms with E-state index in [0.29, 0.717) is 12.1 Å². The fourth-order valence-electron chi connectivity index (χ4n) is 4.84. The van der Waals surface area contributed by atoms with E-state index in [4.69, 9.17) is 14.2 Å². The van der Waals surface area contributed by atoms with Gasteiger partial charge in [0, 0.05) is 44.0 Å². The second-order valence-electron chi connectivity index (χ2n) is 9.36. The molecular weight excluding hydrogens is 454 g/mol. The van der Waals surface area contributed by atoms with E-state index in [2.05, 4.69) is 40.2 Å². The van der Waals surface area contributed by atoms with Crippen LogP contribution in [0.3, 0.4) is 0 Å². The molecule has 0 unspecified atom stereocenters. The molecule has 0 spiro atoms. The number of hydrogen-bond donors (Lipinski definition) is 1. The standard InChI is InChI=1S/C29H33N3O4/c1-20-4-5-23(16-21(20)2)29(33)30-18-26(22-6-11-27-28(17-22)36-19-35-27)32-14-12-31(13-15-32)24-7-9-25(34-3)10-8-24/h4-11,16-17,26H,12-15,18-19H2,1-3H3,(H,30,33)/t26-/m1/s1. The Bertz CT molecular complexity index is 1220. The molecule has 7 heteroatoms. The molecule has 7 nitrogen and oxygen atoms in total. The average Bonchev–Trinajstić information content (AvgIpc) is 3.39. The maximum atomic E-state index is 13.0. The van der Waals surface area contributed by atoms with E-state index < -0.39 is 0 Å². The number of amides is 1. The van der Waals surface area contributed by atoms with Gasteiger partial charge in [0.15, 0.2) is 11.5 Å². The zero-order valence-electron chi connectivity index (χ0n) is 21.1. The van der Waals surface area contributed by atoms with Gasteiger partial charge in [-0.05, 0) is 79.1 Å². The molecular formula is C29H33N3O4. The first kappa shape index (κ1) is 24.0.